The van der Waals surface area contributed by atoms with Gasteiger partial charge in [-0.15, -0.1) is 11.6 Å². The van der Waals surface area contributed by atoms with Crippen LogP contribution in [0.15, 0.2) is 18.2 Å². The first-order valence-corrected chi connectivity index (χ1v) is 4.16. The number of carbonyl (C=O) groups is 1. The van der Waals surface area contributed by atoms with Crippen LogP contribution in [0.25, 0.3) is 0 Å². The smallest absolute Gasteiger partial charge is 0.336 e. The first-order valence-electron chi connectivity index (χ1n) is 3.63. The molecule has 0 aliphatic rings. The summed E-state index contributed by atoms with van der Waals surface area (Å²) in [7, 11) is 0. The minimum atomic E-state index is -1.22. The second kappa shape index (κ2) is 4.06. The Hall–Kier alpha value is -1.62. The van der Waals surface area contributed by atoms with E-state index in [2.05, 4.69) is 0 Å². The van der Waals surface area contributed by atoms with Gasteiger partial charge in [0.15, 0.2) is 0 Å². The van der Waals surface area contributed by atoms with Crippen LogP contribution in [-0.2, 0) is 5.88 Å². The van der Waals surface area contributed by atoms with Crippen molar-refractivity contribution in [2.45, 2.75) is 5.88 Å². The zero-order valence-corrected chi connectivity index (χ0v) is 7.69. The lowest BCUT2D eigenvalue weighted by molar-refractivity contribution is -0.384. The van der Waals surface area contributed by atoms with Crippen molar-refractivity contribution in [3.05, 3.63) is 39.4 Å². The van der Waals surface area contributed by atoms with Crippen molar-refractivity contribution in [1.29, 1.82) is 0 Å². The fraction of sp³-hybridized carbons (Fsp3) is 0.125. The molecule has 14 heavy (non-hydrogen) atoms. The van der Waals surface area contributed by atoms with Gasteiger partial charge in [0, 0.05) is 18.0 Å². The summed E-state index contributed by atoms with van der Waals surface area (Å²) in [6, 6.07) is 3.57. The lowest BCUT2D eigenvalue weighted by Crippen LogP contribution is -2.02. The molecule has 0 aliphatic carbocycles. The van der Waals surface area contributed by atoms with Gasteiger partial charge in [-0.05, 0) is 5.56 Å². The molecule has 0 fully saturated rings. The highest BCUT2D eigenvalue weighted by molar-refractivity contribution is 6.17. The minimum Gasteiger partial charge on any atom is -0.478 e. The maximum Gasteiger partial charge on any atom is 0.336 e. The molecule has 0 saturated heterocycles. The number of hydrogen-bond acceptors (Lipinski definition) is 3. The van der Waals surface area contributed by atoms with Crippen LogP contribution in [0, 0.1) is 10.1 Å². The quantitative estimate of drug-likeness (QED) is 0.475. The Labute approximate surface area is 84.1 Å². The monoisotopic (exact) mass is 215 g/mol. The first-order chi connectivity index (χ1) is 6.56. The van der Waals surface area contributed by atoms with Gasteiger partial charge in [0.2, 0.25) is 0 Å². The minimum absolute atomic E-state index is 0.0135. The third-order valence-electron chi connectivity index (χ3n) is 1.68. The summed E-state index contributed by atoms with van der Waals surface area (Å²) in [5, 5.41) is 19.1. The van der Waals surface area contributed by atoms with Gasteiger partial charge in [-0.25, -0.2) is 4.79 Å². The number of nitrogens with zero attached hydrogens (tertiary/aromatic N) is 1. The number of nitro groups is 1. The Morgan fingerprint density at radius 2 is 2.21 bits per heavy atom. The molecular weight excluding hydrogens is 210 g/mol. The van der Waals surface area contributed by atoms with E-state index in [0.717, 1.165) is 6.07 Å². The van der Waals surface area contributed by atoms with Gasteiger partial charge in [-0.3, -0.25) is 10.1 Å². The first kappa shape index (κ1) is 10.5. The SMILES string of the molecule is O=C(O)c1cc([N+](=O)[O-])ccc1CCl. The molecule has 1 rings (SSSR count). The maximum absolute atomic E-state index is 10.7. The number of alkyl halides is 1. The Morgan fingerprint density at radius 1 is 1.57 bits per heavy atom. The second-order valence-electron chi connectivity index (χ2n) is 2.54. The summed E-state index contributed by atoms with van der Waals surface area (Å²) in [5.74, 6) is -1.20. The van der Waals surface area contributed by atoms with E-state index in [1.165, 1.54) is 12.1 Å². The van der Waals surface area contributed by atoms with Crippen LogP contribution in [0.2, 0.25) is 0 Å². The summed E-state index contributed by atoms with van der Waals surface area (Å²) in [4.78, 5) is 20.4. The molecule has 0 radical (unpaired) electrons. The number of carboxylic acid groups (broad SMARTS) is 1. The van der Waals surface area contributed by atoms with Crippen LogP contribution >= 0.6 is 11.6 Å². The predicted molar refractivity (Wildman–Crippen MR) is 49.6 cm³/mol. The lowest BCUT2D eigenvalue weighted by atomic mass is 10.1. The Kier molecular flexibility index (Phi) is 3.03. The summed E-state index contributed by atoms with van der Waals surface area (Å²) >= 11 is 5.47. The molecule has 1 aromatic rings. The van der Waals surface area contributed by atoms with Gasteiger partial charge in [0.25, 0.3) is 5.69 Å². The highest BCUT2D eigenvalue weighted by Gasteiger charge is 2.14. The van der Waals surface area contributed by atoms with Gasteiger partial charge in [-0.2, -0.15) is 0 Å². The highest BCUT2D eigenvalue weighted by atomic mass is 35.5. The molecule has 1 N–H and O–H groups in total. The van der Waals surface area contributed by atoms with E-state index in [1.807, 2.05) is 0 Å². The average molecular weight is 216 g/mol. The van der Waals surface area contributed by atoms with Crippen LogP contribution in [0.1, 0.15) is 15.9 Å². The summed E-state index contributed by atoms with van der Waals surface area (Å²) in [6.07, 6.45) is 0. The van der Waals surface area contributed by atoms with E-state index >= 15 is 0 Å². The Balaban J connectivity index is 3.27. The number of rotatable bonds is 3. The average Bonchev–Trinajstić information content (AvgIpc) is 2.16. The van der Waals surface area contributed by atoms with Gasteiger partial charge in [0.05, 0.1) is 10.5 Å². The summed E-state index contributed by atoms with van der Waals surface area (Å²) < 4.78 is 0. The second-order valence-corrected chi connectivity index (χ2v) is 2.80. The number of non-ortho nitro benzene ring substituents is 1. The highest BCUT2D eigenvalue weighted by Crippen LogP contribution is 2.19. The van der Waals surface area contributed by atoms with Crippen LogP contribution < -0.4 is 0 Å². The topological polar surface area (TPSA) is 80.4 Å². The Bertz CT molecular complexity index is 391. The molecule has 0 spiro atoms. The zero-order chi connectivity index (χ0) is 10.7. The van der Waals surface area contributed by atoms with E-state index in [-0.39, 0.29) is 17.1 Å². The third kappa shape index (κ3) is 2.00. The molecule has 0 saturated carbocycles. The van der Waals surface area contributed by atoms with Crippen LogP contribution in [0.3, 0.4) is 0 Å². The van der Waals surface area contributed by atoms with Crippen molar-refractivity contribution in [2.75, 3.05) is 0 Å². The van der Waals surface area contributed by atoms with Gasteiger partial charge >= 0.3 is 5.97 Å². The van der Waals surface area contributed by atoms with Crippen molar-refractivity contribution in [3.63, 3.8) is 0 Å². The zero-order valence-electron chi connectivity index (χ0n) is 6.94. The molecular formula is C8H6ClNO4. The number of aromatic carboxylic acids is 1. The molecule has 74 valence electrons. The summed E-state index contributed by atoms with van der Waals surface area (Å²) in [6.45, 7) is 0. The molecule has 0 aromatic heterocycles. The summed E-state index contributed by atoms with van der Waals surface area (Å²) in [5.41, 5.74) is -0.0183. The van der Waals surface area contributed by atoms with E-state index < -0.39 is 10.9 Å². The Morgan fingerprint density at radius 3 is 2.64 bits per heavy atom. The van der Waals surface area contributed by atoms with Crippen molar-refractivity contribution in [3.8, 4) is 0 Å². The fourth-order valence-electron chi connectivity index (χ4n) is 0.994. The molecule has 0 aliphatic heterocycles. The number of carboxylic acids is 1. The van der Waals surface area contributed by atoms with E-state index in [9.17, 15) is 14.9 Å². The van der Waals surface area contributed by atoms with Crippen molar-refractivity contribution >= 4 is 23.3 Å². The molecule has 1 aromatic carbocycles. The number of halogens is 1. The third-order valence-corrected chi connectivity index (χ3v) is 1.97. The molecule has 0 bridgehead atoms. The van der Waals surface area contributed by atoms with Gasteiger partial charge in [0.1, 0.15) is 0 Å². The van der Waals surface area contributed by atoms with Crippen LogP contribution in [0.4, 0.5) is 5.69 Å². The number of nitro benzene ring substituents is 1. The predicted octanol–water partition coefficient (Wildman–Crippen LogP) is 2.03. The molecule has 0 heterocycles. The van der Waals surface area contributed by atoms with Gasteiger partial charge in [-0.1, -0.05) is 6.07 Å². The lowest BCUT2D eigenvalue weighted by Gasteiger charge is -2.01. The van der Waals surface area contributed by atoms with Crippen molar-refractivity contribution in [1.82, 2.24) is 0 Å². The van der Waals surface area contributed by atoms with E-state index in [4.69, 9.17) is 16.7 Å². The molecule has 6 heteroatoms. The van der Waals surface area contributed by atoms with Crippen LogP contribution in [0.5, 0.6) is 0 Å². The van der Waals surface area contributed by atoms with Gasteiger partial charge < -0.3 is 5.11 Å². The fourth-order valence-corrected chi connectivity index (χ4v) is 1.23. The van der Waals surface area contributed by atoms with E-state index in [0.29, 0.717) is 5.56 Å². The molecule has 5 nitrogen and oxygen atoms in total. The molecule has 0 unspecified atom stereocenters. The number of hydrogen-bond donors (Lipinski definition) is 1. The van der Waals surface area contributed by atoms with Crippen molar-refractivity contribution < 1.29 is 14.8 Å². The van der Waals surface area contributed by atoms with Crippen molar-refractivity contribution in [2.24, 2.45) is 0 Å². The maximum atomic E-state index is 10.7. The van der Waals surface area contributed by atoms with E-state index in [1.54, 1.807) is 0 Å². The molecule has 0 atom stereocenters. The van der Waals surface area contributed by atoms with Crippen LogP contribution in [-0.4, -0.2) is 16.0 Å². The molecule has 0 amide bonds. The largest absolute Gasteiger partial charge is 0.478 e. The normalized spacial score (nSPS) is 9.79. The standard InChI is InChI=1S/C8H6ClNO4/c9-4-5-1-2-6(10(13)14)3-7(5)8(11)12/h1-3H,4H2,(H,11,12). The number of benzene rings is 1.